The van der Waals surface area contributed by atoms with Gasteiger partial charge in [-0.15, -0.1) is 0 Å². The number of H-pyrrole nitrogens is 1. The van der Waals surface area contributed by atoms with Crippen LogP contribution in [0.3, 0.4) is 0 Å². The number of benzene rings is 1. The van der Waals surface area contributed by atoms with Crippen LogP contribution >= 0.6 is 11.6 Å². The summed E-state index contributed by atoms with van der Waals surface area (Å²) in [6.45, 7) is 1.65. The van der Waals surface area contributed by atoms with E-state index in [0.29, 0.717) is 10.9 Å². The fraction of sp³-hybridized carbons (Fsp3) is 0.182. The molecule has 0 atom stereocenters. The number of halogens is 2. The lowest BCUT2D eigenvalue weighted by Crippen LogP contribution is -2.09. The molecule has 0 saturated carbocycles. The molecule has 16 heavy (non-hydrogen) atoms. The molecule has 3 nitrogen and oxygen atoms in total. The number of aromatic amines is 1. The van der Waals surface area contributed by atoms with Crippen LogP contribution in [0.25, 0.3) is 10.9 Å². The zero-order chi connectivity index (χ0) is 11.9. The van der Waals surface area contributed by atoms with Gasteiger partial charge >= 0.3 is 0 Å². The number of pyridine rings is 1. The highest BCUT2D eigenvalue weighted by Gasteiger charge is 2.14. The second-order valence-electron chi connectivity index (χ2n) is 3.45. The van der Waals surface area contributed by atoms with Gasteiger partial charge in [-0.3, -0.25) is 4.79 Å². The summed E-state index contributed by atoms with van der Waals surface area (Å²) in [7, 11) is 1.32. The van der Waals surface area contributed by atoms with Gasteiger partial charge in [0.1, 0.15) is 0 Å². The van der Waals surface area contributed by atoms with E-state index in [9.17, 15) is 9.18 Å². The van der Waals surface area contributed by atoms with Gasteiger partial charge in [0.25, 0.3) is 5.56 Å². The van der Waals surface area contributed by atoms with Gasteiger partial charge in [0.2, 0.25) is 0 Å². The molecule has 0 aliphatic heterocycles. The Bertz CT molecular complexity index is 621. The van der Waals surface area contributed by atoms with Crippen LogP contribution in [0, 0.1) is 12.7 Å². The summed E-state index contributed by atoms with van der Waals surface area (Å²) in [4.78, 5) is 13.8. The third-order valence-electron chi connectivity index (χ3n) is 2.38. The van der Waals surface area contributed by atoms with Crippen LogP contribution in [-0.2, 0) is 0 Å². The Morgan fingerprint density at radius 3 is 2.75 bits per heavy atom. The number of methoxy groups -OCH3 is 1. The van der Waals surface area contributed by atoms with Gasteiger partial charge in [-0.2, -0.15) is 0 Å². The molecule has 0 spiro atoms. The summed E-state index contributed by atoms with van der Waals surface area (Å²) < 4.78 is 18.7. The summed E-state index contributed by atoms with van der Waals surface area (Å²) >= 11 is 5.84. The molecule has 5 heteroatoms. The van der Waals surface area contributed by atoms with E-state index in [1.165, 1.54) is 7.11 Å². The molecule has 1 aromatic carbocycles. The second kappa shape index (κ2) is 3.79. The zero-order valence-corrected chi connectivity index (χ0v) is 9.48. The number of hydrogen-bond donors (Lipinski definition) is 1. The molecule has 2 aromatic rings. The normalized spacial score (nSPS) is 10.8. The van der Waals surface area contributed by atoms with Crippen LogP contribution in [0.5, 0.6) is 5.75 Å². The minimum Gasteiger partial charge on any atom is -0.492 e. The van der Waals surface area contributed by atoms with Gasteiger partial charge in [0, 0.05) is 10.9 Å². The van der Waals surface area contributed by atoms with Crippen molar-refractivity contribution in [1.29, 1.82) is 0 Å². The maximum atomic E-state index is 13.9. The highest BCUT2D eigenvalue weighted by molar-refractivity contribution is 6.32. The number of ether oxygens (including phenoxy) is 1. The molecular formula is C11H9ClFNO2. The summed E-state index contributed by atoms with van der Waals surface area (Å²) in [5.41, 5.74) is 0.292. The van der Waals surface area contributed by atoms with Gasteiger partial charge < -0.3 is 9.72 Å². The van der Waals surface area contributed by atoms with Crippen molar-refractivity contribution < 1.29 is 9.13 Å². The quantitative estimate of drug-likeness (QED) is 0.834. The van der Waals surface area contributed by atoms with E-state index in [0.717, 1.165) is 0 Å². The lowest BCUT2D eigenvalue weighted by Gasteiger charge is -2.07. The van der Waals surface area contributed by atoms with Crippen LogP contribution in [0.15, 0.2) is 16.9 Å². The second-order valence-corrected chi connectivity index (χ2v) is 3.86. The van der Waals surface area contributed by atoms with Crippen molar-refractivity contribution >= 4 is 22.5 Å². The van der Waals surface area contributed by atoms with Crippen molar-refractivity contribution in [1.82, 2.24) is 4.98 Å². The van der Waals surface area contributed by atoms with E-state index in [-0.39, 0.29) is 21.8 Å². The molecule has 0 amide bonds. The first-order valence-electron chi connectivity index (χ1n) is 4.60. The SMILES string of the molecule is COc1c(Cl)cc2cc(C)c(=O)[nH]c2c1F. The van der Waals surface area contributed by atoms with Gasteiger partial charge in [0.15, 0.2) is 11.6 Å². The Kier molecular flexibility index (Phi) is 2.59. The van der Waals surface area contributed by atoms with Crippen LogP contribution in [0.1, 0.15) is 5.56 Å². The molecule has 0 saturated heterocycles. The van der Waals surface area contributed by atoms with Crippen molar-refractivity contribution in [2.24, 2.45) is 0 Å². The van der Waals surface area contributed by atoms with Crippen molar-refractivity contribution in [3.8, 4) is 5.75 Å². The monoisotopic (exact) mass is 241 g/mol. The summed E-state index contributed by atoms with van der Waals surface area (Å²) in [5.74, 6) is -0.712. The molecular weight excluding hydrogens is 233 g/mol. The van der Waals surface area contributed by atoms with Crippen molar-refractivity contribution in [2.75, 3.05) is 7.11 Å². The Morgan fingerprint density at radius 1 is 1.44 bits per heavy atom. The lowest BCUT2D eigenvalue weighted by atomic mass is 10.1. The van der Waals surface area contributed by atoms with Crippen LogP contribution in [0.4, 0.5) is 4.39 Å². The first-order chi connectivity index (χ1) is 7.54. The van der Waals surface area contributed by atoms with E-state index in [1.807, 2.05) is 0 Å². The van der Waals surface area contributed by atoms with E-state index in [4.69, 9.17) is 16.3 Å². The number of fused-ring (bicyclic) bond motifs is 1. The first kappa shape index (κ1) is 11.0. The maximum absolute atomic E-state index is 13.9. The topological polar surface area (TPSA) is 42.1 Å². The standard InChI is InChI=1S/C11H9ClFNO2/c1-5-3-6-4-7(12)10(16-2)8(13)9(6)14-11(5)15/h3-4H,1-2H3,(H,14,15). The zero-order valence-electron chi connectivity index (χ0n) is 8.73. The minimum atomic E-state index is -0.651. The fourth-order valence-electron chi connectivity index (χ4n) is 1.56. The molecule has 1 aromatic heterocycles. The molecule has 1 N–H and O–H groups in total. The largest absolute Gasteiger partial charge is 0.492 e. The first-order valence-corrected chi connectivity index (χ1v) is 4.98. The molecule has 0 bridgehead atoms. The van der Waals surface area contributed by atoms with Crippen molar-refractivity contribution in [2.45, 2.75) is 6.92 Å². The van der Waals surface area contributed by atoms with E-state index in [2.05, 4.69) is 4.98 Å². The molecule has 0 fully saturated rings. The molecule has 0 aliphatic carbocycles. The Morgan fingerprint density at radius 2 is 2.12 bits per heavy atom. The highest BCUT2D eigenvalue weighted by atomic mass is 35.5. The minimum absolute atomic E-state index is 0.0614. The third kappa shape index (κ3) is 1.55. The molecule has 0 unspecified atom stereocenters. The fourth-order valence-corrected chi connectivity index (χ4v) is 1.84. The number of nitrogens with one attached hydrogen (secondary N) is 1. The summed E-state index contributed by atoms with van der Waals surface area (Å²) in [6, 6.07) is 3.14. The summed E-state index contributed by atoms with van der Waals surface area (Å²) in [5, 5.41) is 0.722. The summed E-state index contributed by atoms with van der Waals surface area (Å²) in [6.07, 6.45) is 0. The average molecular weight is 242 g/mol. The Labute approximate surface area is 95.8 Å². The van der Waals surface area contributed by atoms with Gasteiger partial charge in [-0.05, 0) is 19.1 Å². The van der Waals surface area contributed by atoms with Crippen LogP contribution in [0.2, 0.25) is 5.02 Å². The van der Waals surface area contributed by atoms with Gasteiger partial charge in [-0.25, -0.2) is 4.39 Å². The molecule has 84 valence electrons. The lowest BCUT2D eigenvalue weighted by molar-refractivity contribution is 0.389. The number of aryl methyl sites for hydroxylation is 1. The molecule has 1 heterocycles. The highest BCUT2D eigenvalue weighted by Crippen LogP contribution is 2.32. The smallest absolute Gasteiger partial charge is 0.251 e. The van der Waals surface area contributed by atoms with Gasteiger partial charge in [0.05, 0.1) is 17.6 Å². The maximum Gasteiger partial charge on any atom is 0.251 e. The Hall–Kier alpha value is -1.55. The van der Waals surface area contributed by atoms with Crippen LogP contribution < -0.4 is 10.3 Å². The van der Waals surface area contributed by atoms with Crippen molar-refractivity contribution in [3.05, 3.63) is 38.9 Å². The predicted molar refractivity (Wildman–Crippen MR) is 60.8 cm³/mol. The predicted octanol–water partition coefficient (Wildman–Crippen LogP) is 2.64. The number of aromatic nitrogens is 1. The Balaban J connectivity index is 2.93. The van der Waals surface area contributed by atoms with E-state index >= 15 is 0 Å². The van der Waals surface area contributed by atoms with Gasteiger partial charge in [-0.1, -0.05) is 11.6 Å². The van der Waals surface area contributed by atoms with E-state index in [1.54, 1.807) is 19.1 Å². The molecule has 0 radical (unpaired) electrons. The van der Waals surface area contributed by atoms with Crippen molar-refractivity contribution in [3.63, 3.8) is 0 Å². The molecule has 2 rings (SSSR count). The average Bonchev–Trinajstić information content (AvgIpc) is 2.22. The molecule has 0 aliphatic rings. The van der Waals surface area contributed by atoms with E-state index < -0.39 is 5.82 Å². The van der Waals surface area contributed by atoms with Crippen LogP contribution in [-0.4, -0.2) is 12.1 Å². The third-order valence-corrected chi connectivity index (χ3v) is 2.66. The number of rotatable bonds is 1. The number of hydrogen-bond acceptors (Lipinski definition) is 2.